The lowest BCUT2D eigenvalue weighted by molar-refractivity contribution is -0.290. The van der Waals surface area contributed by atoms with Gasteiger partial charge in [-0.05, 0) is 90.0 Å². The van der Waals surface area contributed by atoms with Crippen LogP contribution in [-0.4, -0.2) is 178 Å². The fourth-order valence-electron chi connectivity index (χ4n) is 14.1. The Balaban J connectivity index is 0.883. The Morgan fingerprint density at radius 2 is 0.717 bits per heavy atom. The Labute approximate surface area is 535 Å². The van der Waals surface area contributed by atoms with Crippen molar-refractivity contribution in [1.29, 1.82) is 0 Å². The molecule has 0 aromatic heterocycles. The molecule has 4 bridgehead atoms. The van der Waals surface area contributed by atoms with E-state index < -0.39 is 61.0 Å². The van der Waals surface area contributed by atoms with E-state index in [1.165, 1.54) is 0 Å². The number of hydrogen-bond donors (Lipinski definition) is 2. The molecular weight excluding hydrogens is 1170 g/mol. The molecule has 2 N–H and O–H groups in total. The van der Waals surface area contributed by atoms with Crippen LogP contribution in [0.3, 0.4) is 0 Å². The third-order valence-corrected chi connectivity index (χ3v) is 18.2. The van der Waals surface area contributed by atoms with Crippen molar-refractivity contribution < 1.29 is 66.4 Å². The number of carbonyl (C=O) groups is 2. The first-order valence-corrected chi connectivity index (χ1v) is 31.7. The highest BCUT2D eigenvalue weighted by molar-refractivity contribution is 6.27. The molecule has 18 nitrogen and oxygen atoms in total. The van der Waals surface area contributed by atoms with Crippen LogP contribution >= 0.6 is 0 Å². The molecule has 10 atom stereocenters. The topological polar surface area (TPSA) is 175 Å². The number of hydrogen-bond acceptors (Lipinski definition) is 16. The molecule has 0 radical (unpaired) electrons. The van der Waals surface area contributed by atoms with Crippen LogP contribution < -0.4 is 10.6 Å². The highest BCUT2D eigenvalue weighted by Gasteiger charge is 2.52. The van der Waals surface area contributed by atoms with Gasteiger partial charge in [0.05, 0.1) is 50.7 Å². The van der Waals surface area contributed by atoms with Crippen molar-refractivity contribution in [3.05, 3.63) is 181 Å². The number of fused-ring (bicyclic) bond motifs is 4. The summed E-state index contributed by atoms with van der Waals surface area (Å²) in [4.78, 5) is 34.4. The van der Waals surface area contributed by atoms with E-state index in [9.17, 15) is 0 Å². The van der Waals surface area contributed by atoms with Crippen LogP contribution in [0.15, 0.2) is 170 Å². The van der Waals surface area contributed by atoms with Gasteiger partial charge in [0.1, 0.15) is 63.8 Å². The fourth-order valence-corrected chi connectivity index (χ4v) is 14.1. The van der Waals surface area contributed by atoms with Gasteiger partial charge in [-0.25, -0.2) is 0 Å². The summed E-state index contributed by atoms with van der Waals surface area (Å²) >= 11 is 0. The van der Waals surface area contributed by atoms with Gasteiger partial charge in [0.15, 0.2) is 0 Å². The molecule has 13 rings (SSSR count). The molecule has 92 heavy (non-hydrogen) atoms. The van der Waals surface area contributed by atoms with Crippen molar-refractivity contribution in [3.63, 3.8) is 0 Å². The molecular formula is C74H80N4O14. The van der Waals surface area contributed by atoms with Crippen molar-refractivity contribution in [1.82, 2.24) is 9.80 Å². The summed E-state index contributed by atoms with van der Waals surface area (Å²) in [7, 11) is 6.30. The SMILES string of the molecule is COCO[C@@H]1[C@@H](OCc2ccccc2)[C@H](OCOC)[C@H]2CN(CC(=O)Nc3ccc4ccc5cccc6ccc3c4c56)CC[C@H]3O[C@H](CN(CC(=O)Nc4ccc5ccc6cccc7ccc4c5c67)CC[C@H]1O2)[C@@H](OCOC)[C@H](OCc1ccccc1)[C@H]3OCOC. The second-order valence-electron chi connectivity index (χ2n) is 24.2. The Bertz CT molecular complexity index is 3760. The third kappa shape index (κ3) is 14.0. The van der Waals surface area contributed by atoms with E-state index >= 15 is 9.59 Å². The zero-order valence-electron chi connectivity index (χ0n) is 52.4. The van der Waals surface area contributed by atoms with Gasteiger partial charge in [-0.15, -0.1) is 0 Å². The number of ether oxygens (including phenoxy) is 12. The van der Waals surface area contributed by atoms with Crippen molar-refractivity contribution in [2.45, 2.75) is 87.1 Å². The van der Waals surface area contributed by atoms with E-state index in [2.05, 4.69) is 117 Å². The summed E-state index contributed by atoms with van der Waals surface area (Å²) in [6.07, 6.45) is -6.74. The molecule has 18 heteroatoms. The van der Waals surface area contributed by atoms with Crippen LogP contribution in [0.25, 0.3) is 64.6 Å². The Morgan fingerprint density at radius 3 is 1.09 bits per heavy atom. The second-order valence-corrected chi connectivity index (χ2v) is 24.2. The van der Waals surface area contributed by atoms with Crippen LogP contribution in [-0.2, 0) is 79.6 Å². The summed E-state index contributed by atoms with van der Waals surface area (Å²) in [6, 6.07) is 57.6. The zero-order chi connectivity index (χ0) is 62.9. The molecule has 0 unspecified atom stereocenters. The predicted octanol–water partition coefficient (Wildman–Crippen LogP) is 11.1. The molecule has 10 aromatic carbocycles. The maximum Gasteiger partial charge on any atom is 0.238 e. The minimum absolute atomic E-state index is 0.0507. The Kier molecular flexibility index (Phi) is 20.5. The van der Waals surface area contributed by atoms with Crippen LogP contribution in [0.1, 0.15) is 24.0 Å². The smallest absolute Gasteiger partial charge is 0.238 e. The molecule has 0 saturated carbocycles. The van der Waals surface area contributed by atoms with E-state index in [4.69, 9.17) is 56.8 Å². The molecule has 3 aliphatic heterocycles. The molecule has 3 fully saturated rings. The van der Waals surface area contributed by atoms with Crippen LogP contribution in [0.2, 0.25) is 0 Å². The molecule has 3 heterocycles. The number of anilines is 2. The Hall–Kier alpha value is -7.34. The van der Waals surface area contributed by atoms with Crippen molar-refractivity contribution in [2.75, 3.05) is 106 Å². The van der Waals surface area contributed by atoms with Gasteiger partial charge in [-0.2, -0.15) is 0 Å². The minimum Gasteiger partial charge on any atom is -0.368 e. The summed E-state index contributed by atoms with van der Waals surface area (Å²) < 4.78 is 78.3. The van der Waals surface area contributed by atoms with Gasteiger partial charge in [-0.1, -0.05) is 158 Å². The second kappa shape index (κ2) is 29.7. The van der Waals surface area contributed by atoms with E-state index in [-0.39, 0.29) is 78.4 Å². The van der Waals surface area contributed by atoms with E-state index in [0.717, 1.165) is 75.8 Å². The van der Waals surface area contributed by atoms with Gasteiger partial charge >= 0.3 is 0 Å². The average Bonchev–Trinajstić information content (AvgIpc) is 0.759. The summed E-state index contributed by atoms with van der Waals surface area (Å²) in [5.41, 5.74) is 3.30. The lowest BCUT2D eigenvalue weighted by atomic mass is 9.90. The van der Waals surface area contributed by atoms with Gasteiger partial charge in [0, 0.05) is 76.8 Å². The van der Waals surface area contributed by atoms with Crippen molar-refractivity contribution >= 4 is 87.8 Å². The number of rotatable bonds is 24. The van der Waals surface area contributed by atoms with Crippen LogP contribution in [0.5, 0.6) is 0 Å². The van der Waals surface area contributed by atoms with E-state index in [1.54, 1.807) is 28.4 Å². The normalized spacial score (nSPS) is 23.7. The Morgan fingerprint density at radius 1 is 0.380 bits per heavy atom. The molecule has 10 aromatic rings. The predicted molar refractivity (Wildman–Crippen MR) is 354 cm³/mol. The third-order valence-electron chi connectivity index (χ3n) is 18.2. The summed E-state index contributed by atoms with van der Waals surface area (Å²) in [6.45, 7) is 1.01. The number of nitrogens with zero attached hydrogens (tertiary/aromatic N) is 2. The maximum atomic E-state index is 15.1. The minimum atomic E-state index is -0.789. The van der Waals surface area contributed by atoms with Crippen LogP contribution in [0.4, 0.5) is 11.4 Å². The largest absolute Gasteiger partial charge is 0.368 e. The lowest BCUT2D eigenvalue weighted by Crippen LogP contribution is -2.65. The van der Waals surface area contributed by atoms with E-state index in [0.29, 0.717) is 37.3 Å². The highest BCUT2D eigenvalue weighted by atomic mass is 16.7. The fraction of sp³-hybridized carbons (Fsp3) is 0.378. The maximum absolute atomic E-state index is 15.1. The summed E-state index contributed by atoms with van der Waals surface area (Å²) in [5, 5.41) is 19.7. The summed E-state index contributed by atoms with van der Waals surface area (Å²) in [5.74, 6) is -0.465. The molecule has 0 spiro atoms. The van der Waals surface area contributed by atoms with Gasteiger partial charge in [0.2, 0.25) is 11.8 Å². The van der Waals surface area contributed by atoms with Crippen molar-refractivity contribution in [2.24, 2.45) is 0 Å². The van der Waals surface area contributed by atoms with Gasteiger partial charge in [-0.3, -0.25) is 19.4 Å². The average molecular weight is 1250 g/mol. The quantitative estimate of drug-likeness (QED) is 0.0431. The molecule has 480 valence electrons. The molecule has 2 amide bonds. The first-order chi connectivity index (χ1) is 45.2. The number of methoxy groups -OCH3 is 4. The number of carbonyl (C=O) groups excluding carboxylic acids is 2. The highest BCUT2D eigenvalue weighted by Crippen LogP contribution is 2.41. The van der Waals surface area contributed by atoms with Gasteiger partial charge in [0.25, 0.3) is 0 Å². The van der Waals surface area contributed by atoms with Crippen LogP contribution in [0, 0.1) is 0 Å². The molecule has 3 aliphatic rings. The van der Waals surface area contributed by atoms with Crippen molar-refractivity contribution in [3.8, 4) is 0 Å². The van der Waals surface area contributed by atoms with Gasteiger partial charge < -0.3 is 67.5 Å². The first kappa shape index (κ1) is 63.4. The molecule has 0 aliphatic carbocycles. The standard InChI is InChI=1S/C74H80N4O14/c1-81-43-87-69-59-33-35-77(39-63(79)75-57-31-27-53-23-21-49-17-11-19-51-25-29-55(57)67(53)65(49)51)38-62-72(90-46-84-4)74(86-42-48-15-9-6-10-16-48)70(88-44-82-2)60(92-62)34-36-78(37-61(91-59)71(89-45-83-3)73(69)85-41-47-13-7-5-8-14-47)40-64(80)76-58-32-28-54-24-22-50-18-12-20-52-26-30-56(58)68(54)66(50)52/h5-32,59-62,69-74H,33-46H2,1-4H3,(H,75,79)(H,76,80)/t59-,60-,61-,62-,69+,70+,71-,72-,73-,74-/m1/s1. The first-order valence-electron chi connectivity index (χ1n) is 31.7. The zero-order valence-corrected chi connectivity index (χ0v) is 52.4. The molecule has 3 saturated heterocycles. The number of nitrogens with one attached hydrogen (secondary N) is 2. The monoisotopic (exact) mass is 1250 g/mol. The lowest BCUT2D eigenvalue weighted by Gasteiger charge is -2.49. The number of amides is 2. The van der Waals surface area contributed by atoms with E-state index in [1.807, 2.05) is 72.8 Å². The number of benzene rings is 10.